The number of ether oxygens (including phenoxy) is 1. The maximum Gasteiger partial charge on any atom is 0.316 e. The summed E-state index contributed by atoms with van der Waals surface area (Å²) in [6.45, 7) is 3.75. The molecule has 0 radical (unpaired) electrons. The maximum atomic E-state index is 11.3. The van der Waals surface area contributed by atoms with E-state index in [1.165, 1.54) is 11.2 Å². The zero-order valence-corrected chi connectivity index (χ0v) is 12.4. The molecule has 0 aromatic carbocycles. The summed E-state index contributed by atoms with van der Waals surface area (Å²) in [7, 11) is 4.95. The first-order chi connectivity index (χ1) is 9.60. The van der Waals surface area contributed by atoms with E-state index in [1.807, 2.05) is 6.92 Å². The standard InChI is InChI=1S/C12H22N6O2/c1-5-13-10-9(20-4)11(17-8-16-10)14-6-7-15-12(19)18(2)3/h8H,5-7H2,1-4H3,(H,15,19)(H2,13,14,16,17). The molecule has 8 heteroatoms. The second-order valence-electron chi connectivity index (χ2n) is 4.19. The Kier molecular flexibility index (Phi) is 6.34. The zero-order chi connectivity index (χ0) is 15.0. The molecular weight excluding hydrogens is 260 g/mol. The normalized spacial score (nSPS) is 9.80. The summed E-state index contributed by atoms with van der Waals surface area (Å²) >= 11 is 0. The number of urea groups is 1. The summed E-state index contributed by atoms with van der Waals surface area (Å²) < 4.78 is 5.30. The average Bonchev–Trinajstić information content (AvgIpc) is 2.43. The summed E-state index contributed by atoms with van der Waals surface area (Å²) in [5.74, 6) is 1.80. The van der Waals surface area contributed by atoms with Gasteiger partial charge in [0.1, 0.15) is 6.33 Å². The minimum atomic E-state index is -0.130. The van der Waals surface area contributed by atoms with Gasteiger partial charge in [0.05, 0.1) is 7.11 Å². The van der Waals surface area contributed by atoms with Crippen LogP contribution in [0.25, 0.3) is 0 Å². The molecular formula is C12H22N6O2. The van der Waals surface area contributed by atoms with Crippen molar-refractivity contribution < 1.29 is 9.53 Å². The molecule has 0 unspecified atom stereocenters. The van der Waals surface area contributed by atoms with Crippen molar-refractivity contribution in [3.63, 3.8) is 0 Å². The first-order valence-electron chi connectivity index (χ1n) is 6.42. The van der Waals surface area contributed by atoms with Crippen molar-refractivity contribution in [3.05, 3.63) is 6.33 Å². The fourth-order valence-corrected chi connectivity index (χ4v) is 1.49. The summed E-state index contributed by atoms with van der Waals surface area (Å²) in [6, 6.07) is -0.130. The Balaban J connectivity index is 2.55. The van der Waals surface area contributed by atoms with Gasteiger partial charge in [-0.1, -0.05) is 0 Å². The molecule has 1 heterocycles. The van der Waals surface area contributed by atoms with Gasteiger partial charge in [-0.15, -0.1) is 0 Å². The van der Waals surface area contributed by atoms with E-state index in [2.05, 4.69) is 25.9 Å². The van der Waals surface area contributed by atoms with Crippen molar-refractivity contribution in [3.8, 4) is 5.75 Å². The Labute approximate surface area is 118 Å². The van der Waals surface area contributed by atoms with Crippen LogP contribution in [0, 0.1) is 0 Å². The van der Waals surface area contributed by atoms with Gasteiger partial charge in [-0.3, -0.25) is 0 Å². The van der Waals surface area contributed by atoms with Crippen molar-refractivity contribution in [1.82, 2.24) is 20.2 Å². The van der Waals surface area contributed by atoms with Gasteiger partial charge < -0.3 is 25.6 Å². The third kappa shape index (κ3) is 4.45. The smallest absolute Gasteiger partial charge is 0.316 e. The van der Waals surface area contributed by atoms with Crippen LogP contribution < -0.4 is 20.7 Å². The van der Waals surface area contributed by atoms with Crippen LogP contribution in [-0.4, -0.2) is 61.7 Å². The number of nitrogens with one attached hydrogen (secondary N) is 3. The summed E-state index contributed by atoms with van der Waals surface area (Å²) in [6.07, 6.45) is 1.46. The molecule has 1 rings (SSSR count). The van der Waals surface area contributed by atoms with Crippen LogP contribution in [0.2, 0.25) is 0 Å². The fourth-order valence-electron chi connectivity index (χ4n) is 1.49. The van der Waals surface area contributed by atoms with E-state index < -0.39 is 0 Å². The largest absolute Gasteiger partial charge is 0.490 e. The van der Waals surface area contributed by atoms with Crippen LogP contribution in [0.4, 0.5) is 16.4 Å². The highest BCUT2D eigenvalue weighted by atomic mass is 16.5. The monoisotopic (exact) mass is 282 g/mol. The number of nitrogens with zero attached hydrogens (tertiary/aromatic N) is 3. The molecule has 0 atom stereocenters. The number of rotatable bonds is 7. The Bertz CT molecular complexity index is 438. The number of hydrogen-bond acceptors (Lipinski definition) is 6. The molecule has 3 N–H and O–H groups in total. The minimum Gasteiger partial charge on any atom is -0.490 e. The summed E-state index contributed by atoms with van der Waals surface area (Å²) in [4.78, 5) is 21.1. The topological polar surface area (TPSA) is 91.4 Å². The number of hydrogen-bond donors (Lipinski definition) is 3. The molecule has 20 heavy (non-hydrogen) atoms. The van der Waals surface area contributed by atoms with Crippen molar-refractivity contribution in [2.45, 2.75) is 6.92 Å². The average molecular weight is 282 g/mol. The van der Waals surface area contributed by atoms with Crippen molar-refractivity contribution in [2.24, 2.45) is 0 Å². The molecule has 0 fully saturated rings. The second kappa shape index (κ2) is 8.03. The lowest BCUT2D eigenvalue weighted by atomic mass is 10.4. The molecule has 0 aliphatic heterocycles. The Morgan fingerprint density at radius 2 is 1.90 bits per heavy atom. The lowest BCUT2D eigenvalue weighted by Crippen LogP contribution is -2.37. The van der Waals surface area contributed by atoms with Crippen LogP contribution in [0.5, 0.6) is 5.75 Å². The lowest BCUT2D eigenvalue weighted by molar-refractivity contribution is 0.218. The van der Waals surface area contributed by atoms with Crippen LogP contribution in [0.3, 0.4) is 0 Å². The highest BCUT2D eigenvalue weighted by molar-refractivity contribution is 5.73. The molecule has 0 bridgehead atoms. The molecule has 0 spiro atoms. The van der Waals surface area contributed by atoms with Gasteiger partial charge in [-0.25, -0.2) is 14.8 Å². The van der Waals surface area contributed by atoms with Crippen molar-refractivity contribution in [2.75, 3.05) is 51.5 Å². The molecule has 0 saturated heterocycles. The first kappa shape index (κ1) is 15.8. The van der Waals surface area contributed by atoms with E-state index in [0.717, 1.165) is 6.54 Å². The molecule has 0 aliphatic rings. The fraction of sp³-hybridized carbons (Fsp3) is 0.583. The van der Waals surface area contributed by atoms with E-state index in [1.54, 1.807) is 21.2 Å². The molecule has 1 aromatic rings. The van der Waals surface area contributed by atoms with Crippen LogP contribution in [0.1, 0.15) is 6.92 Å². The number of methoxy groups -OCH3 is 1. The Morgan fingerprint density at radius 1 is 1.25 bits per heavy atom. The molecule has 112 valence electrons. The zero-order valence-electron chi connectivity index (χ0n) is 12.4. The molecule has 1 aromatic heterocycles. The predicted molar refractivity (Wildman–Crippen MR) is 78.3 cm³/mol. The number of amides is 2. The van der Waals surface area contributed by atoms with E-state index in [4.69, 9.17) is 4.74 Å². The number of carbonyl (C=O) groups excluding carboxylic acids is 1. The number of carbonyl (C=O) groups is 1. The van der Waals surface area contributed by atoms with Gasteiger partial charge in [0.2, 0.25) is 5.75 Å². The summed E-state index contributed by atoms with van der Waals surface area (Å²) in [5, 5.41) is 8.96. The maximum absolute atomic E-state index is 11.3. The SMILES string of the molecule is CCNc1ncnc(NCCNC(=O)N(C)C)c1OC. The second-order valence-corrected chi connectivity index (χ2v) is 4.19. The van der Waals surface area contributed by atoms with Crippen LogP contribution in [-0.2, 0) is 0 Å². The molecule has 2 amide bonds. The van der Waals surface area contributed by atoms with E-state index in [0.29, 0.717) is 30.5 Å². The van der Waals surface area contributed by atoms with Gasteiger partial charge in [-0.2, -0.15) is 0 Å². The Morgan fingerprint density at radius 3 is 2.45 bits per heavy atom. The van der Waals surface area contributed by atoms with Gasteiger partial charge in [0.15, 0.2) is 11.6 Å². The highest BCUT2D eigenvalue weighted by Gasteiger charge is 2.11. The van der Waals surface area contributed by atoms with Crippen LogP contribution in [0.15, 0.2) is 6.33 Å². The first-order valence-corrected chi connectivity index (χ1v) is 6.42. The quantitative estimate of drug-likeness (QED) is 0.634. The minimum absolute atomic E-state index is 0.130. The van der Waals surface area contributed by atoms with Gasteiger partial charge in [0.25, 0.3) is 0 Å². The lowest BCUT2D eigenvalue weighted by Gasteiger charge is -2.15. The van der Waals surface area contributed by atoms with E-state index in [-0.39, 0.29) is 6.03 Å². The number of aromatic nitrogens is 2. The molecule has 0 aliphatic carbocycles. The van der Waals surface area contributed by atoms with E-state index in [9.17, 15) is 4.79 Å². The van der Waals surface area contributed by atoms with Crippen molar-refractivity contribution in [1.29, 1.82) is 0 Å². The Hall–Kier alpha value is -2.25. The predicted octanol–water partition coefficient (Wildman–Crippen LogP) is 0.600. The van der Waals surface area contributed by atoms with Crippen LogP contribution >= 0.6 is 0 Å². The van der Waals surface area contributed by atoms with Crippen molar-refractivity contribution >= 4 is 17.7 Å². The molecule has 8 nitrogen and oxygen atoms in total. The van der Waals surface area contributed by atoms with Gasteiger partial charge in [-0.05, 0) is 6.92 Å². The number of anilines is 2. The summed E-state index contributed by atoms with van der Waals surface area (Å²) in [5.41, 5.74) is 0. The van der Waals surface area contributed by atoms with Gasteiger partial charge in [0, 0.05) is 33.7 Å². The van der Waals surface area contributed by atoms with Gasteiger partial charge >= 0.3 is 6.03 Å². The third-order valence-electron chi connectivity index (χ3n) is 2.45. The molecule has 0 saturated carbocycles. The highest BCUT2D eigenvalue weighted by Crippen LogP contribution is 2.28. The third-order valence-corrected chi connectivity index (χ3v) is 2.45. The van der Waals surface area contributed by atoms with E-state index >= 15 is 0 Å².